The number of pyridine rings is 1. The fourth-order valence-electron chi connectivity index (χ4n) is 1.85. The molecule has 1 aromatic heterocycles. The number of rotatable bonds is 5. The molecule has 0 aliphatic carbocycles. The first-order valence-electron chi connectivity index (χ1n) is 6.15. The van der Waals surface area contributed by atoms with Crippen molar-refractivity contribution in [2.24, 2.45) is 5.84 Å². The lowest BCUT2D eigenvalue weighted by atomic mass is 10.1. The summed E-state index contributed by atoms with van der Waals surface area (Å²) in [4.78, 5) is 14.5. The van der Waals surface area contributed by atoms with Crippen LogP contribution in [0.1, 0.15) is 18.5 Å². The summed E-state index contributed by atoms with van der Waals surface area (Å²) in [6.07, 6.45) is 0. The van der Waals surface area contributed by atoms with Crippen molar-refractivity contribution in [2.45, 2.75) is 13.0 Å². The van der Waals surface area contributed by atoms with Gasteiger partial charge in [-0.05, 0) is 30.7 Å². The summed E-state index contributed by atoms with van der Waals surface area (Å²) in [6.45, 7) is 1.75. The lowest BCUT2D eigenvalue weighted by molar-refractivity contribution is -0.384. The highest BCUT2D eigenvalue weighted by molar-refractivity contribution is 5.60. The highest BCUT2D eigenvalue weighted by Crippen LogP contribution is 2.27. The number of hydrogen-bond donors (Lipinski definition) is 3. The Kier molecular flexibility index (Phi) is 4.29. The average molecular weight is 291 g/mol. The number of hydrogen-bond acceptors (Lipinski definition) is 6. The number of benzene rings is 1. The fourth-order valence-corrected chi connectivity index (χ4v) is 1.85. The quantitative estimate of drug-likeness (QED) is 0.444. The van der Waals surface area contributed by atoms with Gasteiger partial charge in [0.2, 0.25) is 5.82 Å². The molecule has 0 saturated heterocycles. The van der Waals surface area contributed by atoms with Crippen molar-refractivity contribution in [1.29, 1.82) is 0 Å². The van der Waals surface area contributed by atoms with Crippen LogP contribution in [0.5, 0.6) is 0 Å². The number of halogens is 1. The number of anilines is 2. The van der Waals surface area contributed by atoms with E-state index in [1.807, 2.05) is 0 Å². The third-order valence-corrected chi connectivity index (χ3v) is 2.92. The molecule has 0 saturated carbocycles. The lowest BCUT2D eigenvalue weighted by Crippen LogP contribution is -2.13. The van der Waals surface area contributed by atoms with Gasteiger partial charge in [-0.15, -0.1) is 0 Å². The maximum absolute atomic E-state index is 13.2. The van der Waals surface area contributed by atoms with Crippen LogP contribution in [0.4, 0.5) is 21.7 Å². The van der Waals surface area contributed by atoms with Crippen molar-refractivity contribution in [1.82, 2.24) is 4.98 Å². The van der Waals surface area contributed by atoms with Gasteiger partial charge in [-0.25, -0.2) is 15.2 Å². The number of hydrazine groups is 1. The second-order valence-electron chi connectivity index (χ2n) is 4.39. The molecule has 110 valence electrons. The predicted octanol–water partition coefficient (Wildman–Crippen LogP) is 2.59. The van der Waals surface area contributed by atoms with Crippen LogP contribution in [0, 0.1) is 15.9 Å². The summed E-state index contributed by atoms with van der Waals surface area (Å²) < 4.78 is 13.2. The van der Waals surface area contributed by atoms with Crippen LogP contribution in [0.3, 0.4) is 0 Å². The van der Waals surface area contributed by atoms with E-state index in [9.17, 15) is 14.5 Å². The van der Waals surface area contributed by atoms with Crippen molar-refractivity contribution in [2.75, 3.05) is 10.7 Å². The van der Waals surface area contributed by atoms with Crippen molar-refractivity contribution in [3.63, 3.8) is 0 Å². The maximum atomic E-state index is 13.2. The molecule has 0 amide bonds. The van der Waals surface area contributed by atoms with E-state index in [-0.39, 0.29) is 29.2 Å². The third kappa shape index (κ3) is 3.42. The van der Waals surface area contributed by atoms with Crippen LogP contribution in [0.2, 0.25) is 0 Å². The molecule has 8 heteroatoms. The Morgan fingerprint density at radius 3 is 2.76 bits per heavy atom. The molecule has 21 heavy (non-hydrogen) atoms. The van der Waals surface area contributed by atoms with Crippen LogP contribution >= 0.6 is 0 Å². The van der Waals surface area contributed by atoms with E-state index in [1.165, 1.54) is 24.3 Å². The Morgan fingerprint density at radius 2 is 2.14 bits per heavy atom. The second-order valence-corrected chi connectivity index (χ2v) is 4.39. The van der Waals surface area contributed by atoms with E-state index >= 15 is 0 Å². The molecule has 0 bridgehead atoms. The minimum Gasteiger partial charge on any atom is -0.358 e. The monoisotopic (exact) mass is 291 g/mol. The molecule has 1 aromatic carbocycles. The number of nitrogens with zero attached hydrogens (tertiary/aromatic N) is 2. The van der Waals surface area contributed by atoms with E-state index in [1.54, 1.807) is 19.1 Å². The second kappa shape index (κ2) is 6.14. The first kappa shape index (κ1) is 14.7. The standard InChI is InChI=1S/C13H14FN5O2/c1-8(9-3-2-4-10(14)7-9)16-13-11(19(20)21)5-6-12(17-13)18-15/h2-8H,15H2,1H3,(H2,16,17,18). The van der Waals surface area contributed by atoms with E-state index in [2.05, 4.69) is 15.7 Å². The molecule has 1 atom stereocenters. The SMILES string of the molecule is CC(Nc1nc(NN)ccc1[N+](=O)[O-])c1cccc(F)c1. The van der Waals surface area contributed by atoms with Gasteiger partial charge in [0.15, 0.2) is 0 Å². The molecular weight excluding hydrogens is 277 g/mol. The molecule has 0 spiro atoms. The van der Waals surface area contributed by atoms with Gasteiger partial charge in [-0.1, -0.05) is 12.1 Å². The van der Waals surface area contributed by atoms with E-state index in [0.717, 1.165) is 0 Å². The summed E-state index contributed by atoms with van der Waals surface area (Å²) >= 11 is 0. The van der Waals surface area contributed by atoms with Crippen LogP contribution in [0.15, 0.2) is 36.4 Å². The van der Waals surface area contributed by atoms with Crippen molar-refractivity contribution >= 4 is 17.3 Å². The van der Waals surface area contributed by atoms with E-state index < -0.39 is 4.92 Å². The number of nitro groups is 1. The van der Waals surface area contributed by atoms with Gasteiger partial charge < -0.3 is 10.7 Å². The minimum atomic E-state index is -0.548. The zero-order chi connectivity index (χ0) is 15.4. The molecule has 7 nitrogen and oxygen atoms in total. The smallest absolute Gasteiger partial charge is 0.311 e. The molecule has 0 radical (unpaired) electrons. The third-order valence-electron chi connectivity index (χ3n) is 2.92. The van der Waals surface area contributed by atoms with Crippen LogP contribution in [-0.4, -0.2) is 9.91 Å². The lowest BCUT2D eigenvalue weighted by Gasteiger charge is -2.15. The van der Waals surface area contributed by atoms with Crippen LogP contribution in [-0.2, 0) is 0 Å². The van der Waals surface area contributed by atoms with Gasteiger partial charge in [0.25, 0.3) is 0 Å². The molecule has 1 unspecified atom stereocenters. The molecule has 0 fully saturated rings. The highest BCUT2D eigenvalue weighted by atomic mass is 19.1. The number of nitrogens with one attached hydrogen (secondary N) is 2. The number of nitrogen functional groups attached to an aromatic ring is 1. The van der Waals surface area contributed by atoms with Gasteiger partial charge in [-0.2, -0.15) is 0 Å². The molecular formula is C13H14FN5O2. The molecule has 1 heterocycles. The molecule has 0 aliphatic heterocycles. The van der Waals surface area contributed by atoms with Crippen LogP contribution in [0.25, 0.3) is 0 Å². The zero-order valence-corrected chi connectivity index (χ0v) is 11.2. The van der Waals surface area contributed by atoms with Gasteiger partial charge in [0.1, 0.15) is 11.6 Å². The van der Waals surface area contributed by atoms with Crippen molar-refractivity contribution in [3.8, 4) is 0 Å². The Balaban J connectivity index is 2.31. The minimum absolute atomic E-state index is 0.0622. The summed E-state index contributed by atoms with van der Waals surface area (Å²) in [5.74, 6) is 5.22. The molecule has 0 aliphatic rings. The van der Waals surface area contributed by atoms with Gasteiger partial charge in [0, 0.05) is 6.07 Å². The molecule has 2 rings (SSSR count). The molecule has 2 aromatic rings. The van der Waals surface area contributed by atoms with Gasteiger partial charge in [-0.3, -0.25) is 10.1 Å². The summed E-state index contributed by atoms with van der Waals surface area (Å²) in [7, 11) is 0. The topological polar surface area (TPSA) is 106 Å². The largest absolute Gasteiger partial charge is 0.358 e. The predicted molar refractivity (Wildman–Crippen MR) is 77.1 cm³/mol. The van der Waals surface area contributed by atoms with Gasteiger partial charge >= 0.3 is 5.69 Å². The summed E-state index contributed by atoms with van der Waals surface area (Å²) in [5.41, 5.74) is 2.79. The van der Waals surface area contributed by atoms with E-state index in [4.69, 9.17) is 5.84 Å². The van der Waals surface area contributed by atoms with E-state index in [0.29, 0.717) is 5.56 Å². The normalized spacial score (nSPS) is 11.8. The number of nitrogens with two attached hydrogens (primary N) is 1. The van der Waals surface area contributed by atoms with Crippen molar-refractivity contribution in [3.05, 3.63) is 57.9 Å². The first-order chi connectivity index (χ1) is 10.0. The van der Waals surface area contributed by atoms with Crippen molar-refractivity contribution < 1.29 is 9.31 Å². The Hall–Kier alpha value is -2.74. The Bertz CT molecular complexity index is 665. The average Bonchev–Trinajstić information content (AvgIpc) is 2.46. The number of aromatic nitrogens is 1. The Morgan fingerprint density at radius 1 is 1.38 bits per heavy atom. The van der Waals surface area contributed by atoms with Crippen LogP contribution < -0.4 is 16.6 Å². The summed E-state index contributed by atoms with van der Waals surface area (Å²) in [6, 6.07) is 8.31. The Labute approximate surface area is 120 Å². The van der Waals surface area contributed by atoms with Gasteiger partial charge in [0.05, 0.1) is 11.0 Å². The fraction of sp³-hybridized carbons (Fsp3) is 0.154. The highest BCUT2D eigenvalue weighted by Gasteiger charge is 2.18. The zero-order valence-electron chi connectivity index (χ0n) is 11.2. The summed E-state index contributed by atoms with van der Waals surface area (Å²) in [5, 5.41) is 13.9. The first-order valence-corrected chi connectivity index (χ1v) is 6.15. The molecule has 4 N–H and O–H groups in total. The maximum Gasteiger partial charge on any atom is 0.311 e.